The van der Waals surface area contributed by atoms with Gasteiger partial charge in [0.2, 0.25) is 0 Å². The average molecular weight is 378 g/mol. The smallest absolute Gasteiger partial charge is 0.233 e. The maximum Gasteiger partial charge on any atom is 0.416 e. The first-order valence-corrected chi connectivity index (χ1v) is 8.81. The van der Waals surface area contributed by atoms with Gasteiger partial charge in [-0.3, -0.25) is 0 Å². The van der Waals surface area contributed by atoms with E-state index in [4.69, 9.17) is 0 Å². The first kappa shape index (κ1) is 18.0. The molecule has 140 valence electrons. The molecule has 4 aromatic rings. The molecule has 1 aromatic heterocycles. The van der Waals surface area contributed by atoms with E-state index in [0.29, 0.717) is 0 Å². The van der Waals surface area contributed by atoms with Crippen LogP contribution in [0.1, 0.15) is 11.1 Å². The molecule has 28 heavy (non-hydrogen) atoms. The highest BCUT2D eigenvalue weighted by molar-refractivity contribution is 5.72. The van der Waals surface area contributed by atoms with Crippen LogP contribution in [0.15, 0.2) is 85.1 Å². The van der Waals surface area contributed by atoms with Crippen LogP contribution in [0.5, 0.6) is 0 Å². The summed E-state index contributed by atoms with van der Waals surface area (Å²) in [6.07, 6.45) is -2.60. The highest BCUT2D eigenvalue weighted by Gasteiger charge is 2.29. The number of aryl methyl sites for hydroxylation is 1. The minimum atomic E-state index is -4.33. The van der Waals surface area contributed by atoms with E-state index in [-0.39, 0.29) is 0 Å². The quantitative estimate of drug-likeness (QED) is 0.396. The third-order valence-electron chi connectivity index (χ3n) is 4.63. The fourth-order valence-electron chi connectivity index (χ4n) is 3.12. The van der Waals surface area contributed by atoms with E-state index in [9.17, 15) is 13.2 Å². The second-order valence-electron chi connectivity index (χ2n) is 6.62. The summed E-state index contributed by atoms with van der Waals surface area (Å²) >= 11 is 0. The van der Waals surface area contributed by atoms with E-state index in [0.717, 1.165) is 40.2 Å². The normalized spacial score (nSPS) is 11.6. The van der Waals surface area contributed by atoms with Crippen molar-refractivity contribution in [2.75, 3.05) is 0 Å². The van der Waals surface area contributed by atoms with Crippen LogP contribution in [0.4, 0.5) is 13.2 Å². The molecule has 0 atom stereocenters. The minimum absolute atomic E-state index is 0.648. The van der Waals surface area contributed by atoms with Crippen molar-refractivity contribution >= 4 is 0 Å². The van der Waals surface area contributed by atoms with Gasteiger partial charge < -0.3 is 0 Å². The van der Waals surface area contributed by atoms with Crippen molar-refractivity contribution in [3.05, 3.63) is 96.2 Å². The zero-order valence-corrected chi connectivity index (χ0v) is 15.1. The fourth-order valence-corrected chi connectivity index (χ4v) is 3.12. The lowest BCUT2D eigenvalue weighted by Gasteiger charge is -2.11. The number of nitrogens with zero attached hydrogens (tertiary/aromatic N) is 2. The Morgan fingerprint density at radius 2 is 1.43 bits per heavy atom. The molecule has 2 nitrogen and oxygen atoms in total. The van der Waals surface area contributed by atoms with Gasteiger partial charge in [0, 0.05) is 5.56 Å². The molecule has 4 rings (SSSR count). The van der Waals surface area contributed by atoms with Gasteiger partial charge >= 0.3 is 6.18 Å². The topological polar surface area (TPSA) is 17.8 Å². The SMILES string of the molecule is Cc1ccc(-n2nccc2-c2cccc(-c3ccc(C(F)(F)F)cc3)c2)cc1. The van der Waals surface area contributed by atoms with Gasteiger partial charge in [-0.25, -0.2) is 4.68 Å². The molecule has 0 fully saturated rings. The maximum atomic E-state index is 12.8. The first-order valence-electron chi connectivity index (χ1n) is 8.81. The molecular formula is C23H17F3N2. The molecule has 0 aliphatic heterocycles. The number of hydrogen-bond donors (Lipinski definition) is 0. The van der Waals surface area contributed by atoms with Crippen LogP contribution >= 0.6 is 0 Å². The third kappa shape index (κ3) is 3.56. The van der Waals surface area contributed by atoms with Gasteiger partial charge in [0.25, 0.3) is 0 Å². The van der Waals surface area contributed by atoms with Crippen molar-refractivity contribution in [1.82, 2.24) is 9.78 Å². The zero-order chi connectivity index (χ0) is 19.7. The Balaban J connectivity index is 1.71. The molecule has 1 heterocycles. The molecule has 0 bridgehead atoms. The zero-order valence-electron chi connectivity index (χ0n) is 15.1. The molecule has 0 radical (unpaired) electrons. The monoisotopic (exact) mass is 378 g/mol. The molecule has 0 spiro atoms. The van der Waals surface area contributed by atoms with E-state index in [1.165, 1.54) is 17.7 Å². The Morgan fingerprint density at radius 1 is 0.750 bits per heavy atom. The molecule has 0 unspecified atom stereocenters. The van der Waals surface area contributed by atoms with Crippen LogP contribution < -0.4 is 0 Å². The second-order valence-corrected chi connectivity index (χ2v) is 6.62. The van der Waals surface area contributed by atoms with Crippen molar-refractivity contribution in [2.45, 2.75) is 13.1 Å². The Kier molecular flexibility index (Phi) is 4.51. The van der Waals surface area contributed by atoms with Crippen molar-refractivity contribution in [3.63, 3.8) is 0 Å². The number of alkyl halides is 3. The lowest BCUT2D eigenvalue weighted by molar-refractivity contribution is -0.137. The first-order chi connectivity index (χ1) is 13.4. The number of benzene rings is 3. The van der Waals surface area contributed by atoms with E-state index >= 15 is 0 Å². The van der Waals surface area contributed by atoms with Crippen LogP contribution in [0.2, 0.25) is 0 Å². The Labute approximate surface area is 160 Å². The molecule has 0 saturated heterocycles. The standard InChI is InChI=1S/C23H17F3N2/c1-16-5-11-21(12-6-16)28-22(13-14-27-28)19-4-2-3-18(15-19)17-7-9-20(10-8-17)23(24,25)26/h2-15H,1H3. The summed E-state index contributed by atoms with van der Waals surface area (Å²) in [5.41, 5.74) is 4.91. The van der Waals surface area contributed by atoms with Crippen LogP contribution in [0.25, 0.3) is 28.1 Å². The third-order valence-corrected chi connectivity index (χ3v) is 4.63. The molecule has 5 heteroatoms. The Bertz CT molecular complexity index is 1090. The van der Waals surface area contributed by atoms with Crippen molar-refractivity contribution in [1.29, 1.82) is 0 Å². The molecule has 0 N–H and O–H groups in total. The predicted octanol–water partition coefficient (Wildman–Crippen LogP) is 6.53. The summed E-state index contributed by atoms with van der Waals surface area (Å²) in [5.74, 6) is 0. The summed E-state index contributed by atoms with van der Waals surface area (Å²) < 4.78 is 40.2. The largest absolute Gasteiger partial charge is 0.416 e. The van der Waals surface area contributed by atoms with Crippen LogP contribution in [-0.2, 0) is 6.18 Å². The van der Waals surface area contributed by atoms with Gasteiger partial charge in [-0.05, 0) is 54.4 Å². The van der Waals surface area contributed by atoms with E-state index in [1.807, 2.05) is 66.2 Å². The average Bonchev–Trinajstić information content (AvgIpc) is 3.18. The molecule has 0 saturated carbocycles. The summed E-state index contributed by atoms with van der Waals surface area (Å²) in [4.78, 5) is 0. The van der Waals surface area contributed by atoms with Gasteiger partial charge in [0.05, 0.1) is 23.1 Å². The van der Waals surface area contributed by atoms with Gasteiger partial charge in [0.1, 0.15) is 0 Å². The fraction of sp³-hybridized carbons (Fsp3) is 0.0870. The molecular weight excluding hydrogens is 361 g/mol. The Hall–Kier alpha value is -3.34. The minimum Gasteiger partial charge on any atom is -0.233 e. The highest BCUT2D eigenvalue weighted by Crippen LogP contribution is 2.32. The summed E-state index contributed by atoms with van der Waals surface area (Å²) in [6, 6.07) is 22.9. The molecule has 0 aliphatic carbocycles. The molecule has 0 amide bonds. The molecule has 0 aliphatic rings. The number of rotatable bonds is 3. The van der Waals surface area contributed by atoms with Crippen molar-refractivity contribution in [2.24, 2.45) is 0 Å². The second kappa shape index (κ2) is 7.00. The van der Waals surface area contributed by atoms with Gasteiger partial charge in [0.15, 0.2) is 0 Å². The summed E-state index contributed by atoms with van der Waals surface area (Å²) in [7, 11) is 0. The number of halogens is 3. The van der Waals surface area contributed by atoms with Gasteiger partial charge in [-0.15, -0.1) is 0 Å². The van der Waals surface area contributed by atoms with Gasteiger partial charge in [-0.1, -0.05) is 48.0 Å². The highest BCUT2D eigenvalue weighted by atomic mass is 19.4. The van der Waals surface area contributed by atoms with Gasteiger partial charge in [-0.2, -0.15) is 18.3 Å². The predicted molar refractivity (Wildman–Crippen MR) is 104 cm³/mol. The van der Waals surface area contributed by atoms with E-state index < -0.39 is 11.7 Å². The van der Waals surface area contributed by atoms with Crippen molar-refractivity contribution in [3.8, 4) is 28.1 Å². The van der Waals surface area contributed by atoms with Crippen LogP contribution in [0, 0.1) is 6.92 Å². The summed E-state index contributed by atoms with van der Waals surface area (Å²) in [6.45, 7) is 2.03. The van der Waals surface area contributed by atoms with E-state index in [1.54, 1.807) is 6.20 Å². The number of aromatic nitrogens is 2. The van der Waals surface area contributed by atoms with Crippen molar-refractivity contribution < 1.29 is 13.2 Å². The Morgan fingerprint density at radius 3 is 2.11 bits per heavy atom. The summed E-state index contributed by atoms with van der Waals surface area (Å²) in [5, 5.41) is 4.43. The number of hydrogen-bond acceptors (Lipinski definition) is 1. The lowest BCUT2D eigenvalue weighted by atomic mass is 10.0. The maximum absolute atomic E-state index is 12.8. The van der Waals surface area contributed by atoms with E-state index in [2.05, 4.69) is 5.10 Å². The van der Waals surface area contributed by atoms with Crippen LogP contribution in [-0.4, -0.2) is 9.78 Å². The lowest BCUT2D eigenvalue weighted by Crippen LogP contribution is -2.04. The molecule has 3 aromatic carbocycles. The van der Waals surface area contributed by atoms with Crippen LogP contribution in [0.3, 0.4) is 0 Å².